The summed E-state index contributed by atoms with van der Waals surface area (Å²) in [6.45, 7) is 4.86. The molecule has 0 radical (unpaired) electrons. The smallest absolute Gasteiger partial charge is 0.255 e. The van der Waals surface area contributed by atoms with Gasteiger partial charge in [-0.1, -0.05) is 41.9 Å². The summed E-state index contributed by atoms with van der Waals surface area (Å²) < 4.78 is 27.9. The molecule has 8 heteroatoms. The molecular weight excluding hydrogens is 458 g/mol. The van der Waals surface area contributed by atoms with Gasteiger partial charge in [-0.3, -0.25) is 9.69 Å². The molecule has 0 saturated carbocycles. The summed E-state index contributed by atoms with van der Waals surface area (Å²) >= 11 is 5.88. The summed E-state index contributed by atoms with van der Waals surface area (Å²) in [5, 5.41) is 3.39. The van der Waals surface area contributed by atoms with Gasteiger partial charge in [-0.2, -0.15) is 4.31 Å². The third kappa shape index (κ3) is 5.62. The number of hydrogen-bond acceptors (Lipinski definition) is 4. The standard InChI is InChI=1S/C25H26ClN3O3S/c1-19-17-23(11-12-24(19)27-25(30)21-7-9-22(26)10-8-21)33(31,32)29-15-13-28(14-16-29)18-20-5-3-2-4-6-20/h2-12,17H,13-16,18H2,1H3,(H,27,30). The number of halogens is 1. The topological polar surface area (TPSA) is 69.7 Å². The lowest BCUT2D eigenvalue weighted by molar-refractivity contribution is 0.102. The Morgan fingerprint density at radius 2 is 1.61 bits per heavy atom. The Hall–Kier alpha value is -2.71. The lowest BCUT2D eigenvalue weighted by Gasteiger charge is -2.34. The summed E-state index contributed by atoms with van der Waals surface area (Å²) in [5.74, 6) is -0.278. The van der Waals surface area contributed by atoms with Crippen LogP contribution in [0.3, 0.4) is 0 Å². The van der Waals surface area contributed by atoms with Gasteiger partial charge in [0.1, 0.15) is 0 Å². The second-order valence-corrected chi connectivity index (χ2v) is 10.5. The zero-order valence-corrected chi connectivity index (χ0v) is 19.9. The van der Waals surface area contributed by atoms with Crippen molar-refractivity contribution in [2.75, 3.05) is 31.5 Å². The monoisotopic (exact) mass is 483 g/mol. The molecule has 0 aromatic heterocycles. The van der Waals surface area contributed by atoms with Crippen LogP contribution < -0.4 is 5.32 Å². The van der Waals surface area contributed by atoms with E-state index in [0.29, 0.717) is 48.0 Å². The van der Waals surface area contributed by atoms with Gasteiger partial charge in [0.15, 0.2) is 0 Å². The largest absolute Gasteiger partial charge is 0.322 e. The Bertz CT molecular complexity index is 1220. The number of carbonyl (C=O) groups is 1. The molecule has 33 heavy (non-hydrogen) atoms. The fraction of sp³-hybridized carbons (Fsp3) is 0.240. The van der Waals surface area contributed by atoms with Crippen molar-refractivity contribution >= 4 is 33.2 Å². The average Bonchev–Trinajstić information content (AvgIpc) is 2.82. The van der Waals surface area contributed by atoms with Gasteiger partial charge < -0.3 is 5.32 Å². The highest BCUT2D eigenvalue weighted by Crippen LogP contribution is 2.24. The minimum absolute atomic E-state index is 0.237. The van der Waals surface area contributed by atoms with Crippen molar-refractivity contribution < 1.29 is 13.2 Å². The van der Waals surface area contributed by atoms with Crippen molar-refractivity contribution in [3.8, 4) is 0 Å². The predicted molar refractivity (Wildman–Crippen MR) is 131 cm³/mol. The fourth-order valence-corrected chi connectivity index (χ4v) is 5.49. The Balaban J connectivity index is 1.40. The van der Waals surface area contributed by atoms with Crippen molar-refractivity contribution in [3.63, 3.8) is 0 Å². The highest BCUT2D eigenvalue weighted by molar-refractivity contribution is 7.89. The first-order valence-electron chi connectivity index (χ1n) is 10.8. The normalized spacial score (nSPS) is 15.3. The van der Waals surface area contributed by atoms with E-state index in [4.69, 9.17) is 11.6 Å². The number of rotatable bonds is 6. The maximum Gasteiger partial charge on any atom is 0.255 e. The number of amides is 1. The maximum absolute atomic E-state index is 13.2. The number of piperazine rings is 1. The molecule has 3 aromatic rings. The van der Waals surface area contributed by atoms with Crippen LogP contribution in [0.15, 0.2) is 77.7 Å². The van der Waals surface area contributed by atoms with Crippen LogP contribution in [0.25, 0.3) is 0 Å². The van der Waals surface area contributed by atoms with E-state index in [-0.39, 0.29) is 10.8 Å². The van der Waals surface area contributed by atoms with Crippen LogP contribution >= 0.6 is 11.6 Å². The third-order valence-corrected chi connectivity index (χ3v) is 7.92. The van der Waals surface area contributed by atoms with Gasteiger partial charge in [-0.05, 0) is 60.5 Å². The van der Waals surface area contributed by atoms with Crippen molar-refractivity contribution in [1.82, 2.24) is 9.21 Å². The molecule has 0 atom stereocenters. The number of benzene rings is 3. The van der Waals surface area contributed by atoms with Crippen LogP contribution in [-0.2, 0) is 16.6 Å². The number of nitrogens with zero attached hydrogens (tertiary/aromatic N) is 2. The molecule has 1 heterocycles. The predicted octanol–water partition coefficient (Wildman–Crippen LogP) is 4.41. The highest BCUT2D eigenvalue weighted by atomic mass is 35.5. The first kappa shape index (κ1) is 23.4. The second-order valence-electron chi connectivity index (χ2n) is 8.10. The van der Waals surface area contributed by atoms with E-state index in [1.54, 1.807) is 49.4 Å². The van der Waals surface area contributed by atoms with E-state index < -0.39 is 10.0 Å². The van der Waals surface area contributed by atoms with Gasteiger partial charge in [0, 0.05) is 49.0 Å². The van der Waals surface area contributed by atoms with E-state index in [2.05, 4.69) is 22.3 Å². The van der Waals surface area contributed by atoms with Gasteiger partial charge in [0.2, 0.25) is 10.0 Å². The average molecular weight is 484 g/mol. The molecule has 1 amide bonds. The quantitative estimate of drug-likeness (QED) is 0.564. The van der Waals surface area contributed by atoms with Crippen LogP contribution in [0.5, 0.6) is 0 Å². The minimum atomic E-state index is -3.60. The molecule has 1 saturated heterocycles. The number of aryl methyl sites for hydroxylation is 1. The minimum Gasteiger partial charge on any atom is -0.322 e. The van der Waals surface area contributed by atoms with Gasteiger partial charge in [-0.25, -0.2) is 8.42 Å². The number of sulfonamides is 1. The maximum atomic E-state index is 13.2. The summed E-state index contributed by atoms with van der Waals surface area (Å²) in [7, 11) is -3.60. The third-order valence-electron chi connectivity index (χ3n) is 5.77. The van der Waals surface area contributed by atoms with Crippen molar-refractivity contribution in [3.05, 3.63) is 94.5 Å². The van der Waals surface area contributed by atoms with E-state index in [1.165, 1.54) is 9.87 Å². The van der Waals surface area contributed by atoms with E-state index in [0.717, 1.165) is 6.54 Å². The van der Waals surface area contributed by atoms with Crippen molar-refractivity contribution in [1.29, 1.82) is 0 Å². The Labute approximate surface area is 199 Å². The molecule has 0 bridgehead atoms. The molecule has 4 rings (SSSR count). The Morgan fingerprint density at radius 1 is 0.939 bits per heavy atom. The zero-order chi connectivity index (χ0) is 23.4. The Kier molecular flexibility index (Phi) is 7.14. The zero-order valence-electron chi connectivity index (χ0n) is 18.4. The van der Waals surface area contributed by atoms with Crippen LogP contribution in [0.2, 0.25) is 5.02 Å². The van der Waals surface area contributed by atoms with Crippen molar-refractivity contribution in [2.45, 2.75) is 18.4 Å². The molecule has 0 unspecified atom stereocenters. The first-order chi connectivity index (χ1) is 15.8. The lowest BCUT2D eigenvalue weighted by Crippen LogP contribution is -2.48. The molecule has 172 valence electrons. The first-order valence-corrected chi connectivity index (χ1v) is 12.6. The van der Waals surface area contributed by atoms with Crippen LogP contribution in [0.1, 0.15) is 21.5 Å². The number of carbonyl (C=O) groups excluding carboxylic acids is 1. The van der Waals surface area contributed by atoms with Crippen LogP contribution in [0.4, 0.5) is 5.69 Å². The molecule has 1 N–H and O–H groups in total. The molecule has 1 fully saturated rings. The van der Waals surface area contributed by atoms with Gasteiger partial charge in [0.05, 0.1) is 4.90 Å². The molecule has 1 aliphatic rings. The fourth-order valence-electron chi connectivity index (χ4n) is 3.85. The van der Waals surface area contributed by atoms with Crippen LogP contribution in [-0.4, -0.2) is 49.7 Å². The van der Waals surface area contributed by atoms with E-state index in [9.17, 15) is 13.2 Å². The number of nitrogens with one attached hydrogen (secondary N) is 1. The number of anilines is 1. The highest BCUT2D eigenvalue weighted by Gasteiger charge is 2.28. The summed E-state index contributed by atoms with van der Waals surface area (Å²) in [5.41, 5.74) is 2.95. The van der Waals surface area contributed by atoms with Gasteiger partial charge >= 0.3 is 0 Å². The molecule has 0 aliphatic carbocycles. The molecule has 3 aromatic carbocycles. The summed E-state index contributed by atoms with van der Waals surface area (Å²) in [6, 6.07) is 21.6. The molecule has 6 nitrogen and oxygen atoms in total. The van der Waals surface area contributed by atoms with E-state index >= 15 is 0 Å². The van der Waals surface area contributed by atoms with Crippen LogP contribution in [0, 0.1) is 6.92 Å². The second kappa shape index (κ2) is 10.1. The van der Waals surface area contributed by atoms with Gasteiger partial charge in [-0.15, -0.1) is 0 Å². The van der Waals surface area contributed by atoms with Crippen molar-refractivity contribution in [2.24, 2.45) is 0 Å². The SMILES string of the molecule is Cc1cc(S(=O)(=O)N2CCN(Cc3ccccc3)CC2)ccc1NC(=O)c1ccc(Cl)cc1. The molecule has 0 spiro atoms. The molecule has 1 aliphatic heterocycles. The van der Waals surface area contributed by atoms with E-state index in [1.807, 2.05) is 18.2 Å². The summed E-state index contributed by atoms with van der Waals surface area (Å²) in [4.78, 5) is 15.0. The Morgan fingerprint density at radius 3 is 2.24 bits per heavy atom. The van der Waals surface area contributed by atoms with Gasteiger partial charge in [0.25, 0.3) is 5.91 Å². The summed E-state index contributed by atoms with van der Waals surface area (Å²) in [6.07, 6.45) is 0. The lowest BCUT2D eigenvalue weighted by atomic mass is 10.1. The number of hydrogen-bond donors (Lipinski definition) is 1. The molecular formula is C25H26ClN3O3S.